The summed E-state index contributed by atoms with van der Waals surface area (Å²) in [6.45, 7) is 1.61. The zero-order chi connectivity index (χ0) is 24.6. The van der Waals surface area contributed by atoms with Crippen molar-refractivity contribution in [2.45, 2.75) is 24.4 Å². The zero-order valence-corrected chi connectivity index (χ0v) is 19.7. The molecule has 0 amide bonds. The number of para-hydroxylation sites is 1. The summed E-state index contributed by atoms with van der Waals surface area (Å²) in [6, 6.07) is 26.1. The number of rotatable bonds is 10. The van der Waals surface area contributed by atoms with Crippen molar-refractivity contribution in [3.63, 3.8) is 0 Å². The van der Waals surface area contributed by atoms with Gasteiger partial charge in [-0.25, -0.2) is 0 Å². The first-order chi connectivity index (χ1) is 17.1. The van der Waals surface area contributed by atoms with Crippen molar-refractivity contribution in [3.05, 3.63) is 95.1 Å². The van der Waals surface area contributed by atoms with Crippen LogP contribution in [0.1, 0.15) is 34.2 Å². The molecule has 0 bridgehead atoms. The number of carbonyl (C=O) groups is 1. The minimum absolute atomic E-state index is 0.0287. The van der Waals surface area contributed by atoms with Gasteiger partial charge in [0, 0.05) is 13.7 Å². The Morgan fingerprint density at radius 3 is 2.57 bits per heavy atom. The molecule has 0 aliphatic carbocycles. The molecule has 3 atom stereocenters. The van der Waals surface area contributed by atoms with Gasteiger partial charge in [-0.2, -0.15) is 5.26 Å². The van der Waals surface area contributed by atoms with Crippen LogP contribution in [0.5, 0.6) is 0 Å². The van der Waals surface area contributed by atoms with Crippen molar-refractivity contribution in [2.75, 3.05) is 37.4 Å². The monoisotopic (exact) mass is 470 g/mol. The highest BCUT2D eigenvalue weighted by atomic mass is 16.5. The molecule has 0 unspecified atom stereocenters. The van der Waals surface area contributed by atoms with Crippen molar-refractivity contribution in [1.29, 1.82) is 5.26 Å². The Bertz CT molecular complexity index is 1180. The number of ether oxygens (including phenoxy) is 1. The minimum atomic E-state index is -0.887. The van der Waals surface area contributed by atoms with Crippen molar-refractivity contribution in [2.24, 2.45) is 0 Å². The lowest BCUT2D eigenvalue weighted by Crippen LogP contribution is -2.44. The Balaban J connectivity index is 1.45. The van der Waals surface area contributed by atoms with Crippen molar-refractivity contribution < 1.29 is 14.6 Å². The van der Waals surface area contributed by atoms with Gasteiger partial charge in [-0.1, -0.05) is 60.7 Å². The highest BCUT2D eigenvalue weighted by molar-refractivity contribution is 5.78. The van der Waals surface area contributed by atoms with E-state index >= 15 is 0 Å². The number of benzene rings is 3. The molecule has 1 aliphatic rings. The van der Waals surface area contributed by atoms with Crippen LogP contribution in [0.15, 0.2) is 72.8 Å². The maximum atomic E-state index is 11.5. The smallest absolute Gasteiger partial charge is 0.313 e. The van der Waals surface area contributed by atoms with Crippen LogP contribution in [0, 0.1) is 11.3 Å². The highest BCUT2D eigenvalue weighted by Gasteiger charge is 2.28. The Labute approximate surface area is 205 Å². The molecule has 0 aromatic heterocycles. The fourth-order valence-electron chi connectivity index (χ4n) is 4.52. The van der Waals surface area contributed by atoms with Crippen molar-refractivity contribution in [3.8, 4) is 6.07 Å². The van der Waals surface area contributed by atoms with E-state index in [0.29, 0.717) is 5.56 Å². The Hall–Kier alpha value is -3.86. The Kier molecular flexibility index (Phi) is 7.99. The lowest BCUT2D eigenvalue weighted by Gasteiger charge is -2.35. The number of anilines is 2. The van der Waals surface area contributed by atoms with E-state index in [4.69, 9.17) is 4.74 Å². The molecule has 0 saturated carbocycles. The van der Waals surface area contributed by atoms with Gasteiger partial charge in [0.05, 0.1) is 35.6 Å². The number of nitriles is 1. The Morgan fingerprint density at radius 2 is 1.89 bits per heavy atom. The largest absolute Gasteiger partial charge is 0.481 e. The van der Waals surface area contributed by atoms with Crippen LogP contribution < -0.4 is 16.0 Å². The van der Waals surface area contributed by atoms with E-state index in [1.165, 1.54) is 12.7 Å². The van der Waals surface area contributed by atoms with Crippen LogP contribution >= 0.6 is 0 Å². The summed E-state index contributed by atoms with van der Waals surface area (Å²) in [5.41, 5.74) is 5.45. The SMILES string of the molecule is COC[C@H](C(=O)O)c1ccc(CCN[C@H](c2ccccc2)[C@H]2CNc3cccc(C#N)c3N2)cc1. The molecular weight excluding hydrogens is 440 g/mol. The average molecular weight is 471 g/mol. The Morgan fingerprint density at radius 1 is 1.11 bits per heavy atom. The first-order valence-corrected chi connectivity index (χ1v) is 11.7. The number of carboxylic acid groups (broad SMARTS) is 1. The minimum Gasteiger partial charge on any atom is -0.481 e. The van der Waals surface area contributed by atoms with Crippen molar-refractivity contribution >= 4 is 17.3 Å². The quantitative estimate of drug-likeness (QED) is 0.353. The topological polar surface area (TPSA) is 106 Å². The second-order valence-electron chi connectivity index (χ2n) is 8.65. The van der Waals surface area contributed by atoms with Gasteiger partial charge in [0.15, 0.2) is 0 Å². The van der Waals surface area contributed by atoms with Gasteiger partial charge in [-0.15, -0.1) is 0 Å². The first kappa shape index (κ1) is 24.3. The van der Waals surface area contributed by atoms with Gasteiger partial charge < -0.3 is 25.8 Å². The maximum absolute atomic E-state index is 11.5. The number of nitrogens with zero attached hydrogens (tertiary/aromatic N) is 1. The van der Waals surface area contributed by atoms with Crippen LogP contribution in [0.2, 0.25) is 0 Å². The molecule has 0 saturated heterocycles. The van der Waals surface area contributed by atoms with Gasteiger partial charge in [0.25, 0.3) is 0 Å². The first-order valence-electron chi connectivity index (χ1n) is 11.7. The van der Waals surface area contributed by atoms with Crippen LogP contribution in [-0.2, 0) is 16.0 Å². The van der Waals surface area contributed by atoms with E-state index in [9.17, 15) is 15.2 Å². The normalized spacial score (nSPS) is 16.2. The summed E-state index contributed by atoms with van der Waals surface area (Å²) in [6.07, 6.45) is 0.797. The number of methoxy groups -OCH3 is 1. The predicted molar refractivity (Wildman–Crippen MR) is 137 cm³/mol. The van der Waals surface area contributed by atoms with Gasteiger partial charge in [-0.05, 0) is 41.8 Å². The summed E-state index contributed by atoms with van der Waals surface area (Å²) in [4.78, 5) is 11.5. The molecular formula is C28H30N4O3. The standard InChI is InChI=1S/C28H30N4O3/c1-35-18-23(28(33)34)20-12-10-19(11-13-20)14-15-30-26(21-6-3-2-4-7-21)25-17-31-24-9-5-8-22(16-29)27(24)32-25/h2-13,23,25-26,30-32H,14-15,17-18H2,1H3,(H,33,34)/t23-,25+,26+/m0/s1. The molecule has 7 heteroatoms. The van der Waals surface area contributed by atoms with Gasteiger partial charge in [0.1, 0.15) is 12.0 Å². The second kappa shape index (κ2) is 11.5. The molecule has 3 aromatic carbocycles. The molecule has 35 heavy (non-hydrogen) atoms. The molecule has 7 nitrogen and oxygen atoms in total. The number of aliphatic carboxylic acids is 1. The predicted octanol–water partition coefficient (Wildman–Crippen LogP) is 4.15. The number of fused-ring (bicyclic) bond motifs is 1. The molecule has 180 valence electrons. The van der Waals surface area contributed by atoms with Crippen LogP contribution in [0.3, 0.4) is 0 Å². The van der Waals surface area contributed by atoms with E-state index in [-0.39, 0.29) is 18.7 Å². The molecule has 0 spiro atoms. The number of carboxylic acids is 1. The summed E-state index contributed by atoms with van der Waals surface area (Å²) in [5, 5.41) is 29.7. The number of hydrogen-bond donors (Lipinski definition) is 4. The average Bonchev–Trinajstić information content (AvgIpc) is 2.90. The summed E-state index contributed by atoms with van der Waals surface area (Å²) in [5.74, 6) is -1.55. The van der Waals surface area contributed by atoms with Gasteiger partial charge in [0.2, 0.25) is 0 Å². The second-order valence-corrected chi connectivity index (χ2v) is 8.65. The molecule has 1 aliphatic heterocycles. The summed E-state index contributed by atoms with van der Waals surface area (Å²) in [7, 11) is 1.51. The maximum Gasteiger partial charge on any atom is 0.313 e. The highest BCUT2D eigenvalue weighted by Crippen LogP contribution is 2.33. The van der Waals surface area contributed by atoms with E-state index in [1.807, 2.05) is 60.7 Å². The lowest BCUT2D eigenvalue weighted by molar-refractivity contribution is -0.140. The third-order valence-corrected chi connectivity index (χ3v) is 6.38. The van der Waals surface area contributed by atoms with Crippen LogP contribution in [0.4, 0.5) is 11.4 Å². The van der Waals surface area contributed by atoms with Crippen LogP contribution in [-0.4, -0.2) is 43.9 Å². The van der Waals surface area contributed by atoms with Crippen molar-refractivity contribution in [1.82, 2.24) is 5.32 Å². The molecule has 0 radical (unpaired) electrons. The molecule has 1 heterocycles. The number of hydrogen-bond acceptors (Lipinski definition) is 6. The van der Waals surface area contributed by atoms with Gasteiger partial charge in [-0.3, -0.25) is 4.79 Å². The van der Waals surface area contributed by atoms with E-state index < -0.39 is 11.9 Å². The van der Waals surface area contributed by atoms with Crippen LogP contribution in [0.25, 0.3) is 0 Å². The fourth-order valence-corrected chi connectivity index (χ4v) is 4.52. The van der Waals surface area contributed by atoms with E-state index in [2.05, 4.69) is 34.2 Å². The molecule has 0 fully saturated rings. The van der Waals surface area contributed by atoms with Gasteiger partial charge >= 0.3 is 5.97 Å². The summed E-state index contributed by atoms with van der Waals surface area (Å²) >= 11 is 0. The third-order valence-electron chi connectivity index (χ3n) is 6.38. The lowest BCUT2D eigenvalue weighted by atomic mass is 9.95. The van der Waals surface area contributed by atoms with E-state index in [1.54, 1.807) is 0 Å². The summed E-state index contributed by atoms with van der Waals surface area (Å²) < 4.78 is 5.06. The van der Waals surface area contributed by atoms with E-state index in [0.717, 1.165) is 42.0 Å². The zero-order valence-electron chi connectivity index (χ0n) is 19.7. The third kappa shape index (κ3) is 5.80. The molecule has 3 aromatic rings. The number of nitrogens with one attached hydrogen (secondary N) is 3. The molecule has 4 N–H and O–H groups in total. The molecule has 4 rings (SSSR count). The fraction of sp³-hybridized carbons (Fsp3) is 0.286.